The first-order valence-corrected chi connectivity index (χ1v) is 5.49. The minimum Gasteiger partial charge on any atom is -0.302 e. The molecule has 0 bridgehead atoms. The van der Waals surface area contributed by atoms with Crippen molar-refractivity contribution in [1.29, 1.82) is 0 Å². The molecule has 0 saturated heterocycles. The summed E-state index contributed by atoms with van der Waals surface area (Å²) in [6, 6.07) is 8.77. The van der Waals surface area contributed by atoms with Crippen molar-refractivity contribution in [1.82, 2.24) is 9.78 Å². The van der Waals surface area contributed by atoms with E-state index in [-0.39, 0.29) is 0 Å². The van der Waals surface area contributed by atoms with Crippen LogP contribution in [0.15, 0.2) is 41.4 Å². The first-order chi connectivity index (χ1) is 7.18. The van der Waals surface area contributed by atoms with Crippen LogP contribution in [0.25, 0.3) is 11.3 Å². The second kappa shape index (κ2) is 3.96. The third-order valence-electron chi connectivity index (χ3n) is 2.06. The lowest BCUT2D eigenvalue weighted by molar-refractivity contribution is 0.564. The summed E-state index contributed by atoms with van der Waals surface area (Å²) in [4.78, 5) is 0.385. The van der Waals surface area contributed by atoms with Crippen molar-refractivity contribution in [2.24, 2.45) is 7.05 Å². The van der Waals surface area contributed by atoms with Gasteiger partial charge in [-0.15, -0.1) is 0 Å². The summed E-state index contributed by atoms with van der Waals surface area (Å²) in [6.45, 7) is 0. The average molecular weight is 222 g/mol. The molecule has 0 spiro atoms. The summed E-state index contributed by atoms with van der Waals surface area (Å²) in [5, 5.41) is 4.20. The second-order valence-corrected chi connectivity index (χ2v) is 4.06. The summed E-state index contributed by atoms with van der Waals surface area (Å²) in [6.07, 6.45) is 1.80. The third kappa shape index (κ3) is 1.98. The Kier molecular flexibility index (Phi) is 2.66. The Morgan fingerprint density at radius 3 is 2.67 bits per heavy atom. The molecular weight excluding hydrogens is 212 g/mol. The lowest BCUT2D eigenvalue weighted by atomic mass is 10.1. The van der Waals surface area contributed by atoms with Gasteiger partial charge >= 0.3 is 0 Å². The van der Waals surface area contributed by atoms with Crippen molar-refractivity contribution < 1.29 is 8.76 Å². The molecule has 1 atom stereocenters. The van der Waals surface area contributed by atoms with Crippen molar-refractivity contribution in [2.75, 3.05) is 0 Å². The maximum Gasteiger partial charge on any atom is 0.187 e. The summed E-state index contributed by atoms with van der Waals surface area (Å²) >= 11 is -1.98. The van der Waals surface area contributed by atoms with Gasteiger partial charge in [-0.25, -0.2) is 4.21 Å². The van der Waals surface area contributed by atoms with Crippen LogP contribution in [0.4, 0.5) is 0 Å². The van der Waals surface area contributed by atoms with E-state index in [0.29, 0.717) is 16.2 Å². The molecule has 0 fully saturated rings. The van der Waals surface area contributed by atoms with E-state index in [0.717, 1.165) is 0 Å². The predicted molar refractivity (Wildman–Crippen MR) is 57.7 cm³/mol. The zero-order valence-electron chi connectivity index (χ0n) is 8.12. The van der Waals surface area contributed by atoms with Gasteiger partial charge in [0.2, 0.25) is 0 Å². The number of rotatable bonds is 2. The van der Waals surface area contributed by atoms with E-state index in [1.165, 1.54) is 0 Å². The molecule has 0 aliphatic rings. The molecule has 1 aromatic carbocycles. The summed E-state index contributed by atoms with van der Waals surface area (Å²) in [7, 11) is 1.81. The van der Waals surface area contributed by atoms with Gasteiger partial charge < -0.3 is 4.55 Å². The van der Waals surface area contributed by atoms with Gasteiger partial charge in [0.05, 0.1) is 10.6 Å². The number of nitrogens with zero attached hydrogens (tertiary/aromatic N) is 2. The lowest BCUT2D eigenvalue weighted by Gasteiger charge is -2.02. The Morgan fingerprint density at radius 2 is 2.07 bits per heavy atom. The van der Waals surface area contributed by atoms with Crippen LogP contribution >= 0.6 is 0 Å². The molecule has 1 heterocycles. The van der Waals surface area contributed by atoms with Crippen LogP contribution in [0.5, 0.6) is 0 Å². The molecule has 0 aliphatic heterocycles. The standard InChI is InChI=1S/C10H10N2O2S/c1-12-7-6-9(11-12)8-4-2-3-5-10(8)15(13)14/h2-7H,1H3,(H,13,14). The first-order valence-electron chi connectivity index (χ1n) is 4.38. The van der Waals surface area contributed by atoms with Gasteiger partial charge in [-0.05, 0) is 12.1 Å². The fourth-order valence-electron chi connectivity index (χ4n) is 1.39. The van der Waals surface area contributed by atoms with Crippen molar-refractivity contribution in [3.63, 3.8) is 0 Å². The van der Waals surface area contributed by atoms with Gasteiger partial charge in [-0.2, -0.15) is 5.10 Å². The maximum atomic E-state index is 11.1. The molecule has 1 N–H and O–H groups in total. The zero-order chi connectivity index (χ0) is 10.8. The van der Waals surface area contributed by atoms with E-state index < -0.39 is 11.1 Å². The smallest absolute Gasteiger partial charge is 0.187 e. The van der Waals surface area contributed by atoms with Gasteiger partial charge in [0.25, 0.3) is 0 Å². The number of hydrogen-bond acceptors (Lipinski definition) is 2. The molecule has 0 saturated carbocycles. The summed E-state index contributed by atoms with van der Waals surface area (Å²) in [5.41, 5.74) is 1.40. The number of benzene rings is 1. The molecule has 1 aromatic heterocycles. The zero-order valence-corrected chi connectivity index (χ0v) is 8.94. The molecule has 1 unspecified atom stereocenters. The minimum absolute atomic E-state index is 0.385. The van der Waals surface area contributed by atoms with E-state index in [1.807, 2.05) is 19.2 Å². The summed E-state index contributed by atoms with van der Waals surface area (Å²) in [5.74, 6) is 0. The first kappa shape index (κ1) is 10.1. The molecule has 0 amide bonds. The number of hydrogen-bond donors (Lipinski definition) is 1. The van der Waals surface area contributed by atoms with Crippen LogP contribution in [0.3, 0.4) is 0 Å². The molecule has 0 radical (unpaired) electrons. The van der Waals surface area contributed by atoms with Crippen molar-refractivity contribution in [3.05, 3.63) is 36.5 Å². The average Bonchev–Trinajstić information content (AvgIpc) is 2.65. The Labute approximate surface area is 89.8 Å². The van der Waals surface area contributed by atoms with E-state index in [2.05, 4.69) is 5.10 Å². The second-order valence-electron chi connectivity index (χ2n) is 3.12. The maximum absolute atomic E-state index is 11.1. The van der Waals surface area contributed by atoms with Gasteiger partial charge in [-0.3, -0.25) is 4.68 Å². The largest absolute Gasteiger partial charge is 0.302 e. The van der Waals surface area contributed by atoms with Gasteiger partial charge in [-0.1, -0.05) is 18.2 Å². The van der Waals surface area contributed by atoms with Crippen LogP contribution in [0.2, 0.25) is 0 Å². The molecule has 2 rings (SSSR count). The monoisotopic (exact) mass is 222 g/mol. The molecular formula is C10H10N2O2S. The Hall–Kier alpha value is -1.46. The minimum atomic E-state index is -1.98. The Balaban J connectivity index is 2.57. The van der Waals surface area contributed by atoms with Crippen LogP contribution < -0.4 is 0 Å². The van der Waals surface area contributed by atoms with Crippen LogP contribution in [-0.2, 0) is 18.1 Å². The Bertz CT molecular complexity index is 508. The van der Waals surface area contributed by atoms with Crippen molar-refractivity contribution in [3.8, 4) is 11.3 Å². The van der Waals surface area contributed by atoms with Crippen LogP contribution in [0.1, 0.15) is 0 Å². The highest BCUT2D eigenvalue weighted by Crippen LogP contribution is 2.23. The van der Waals surface area contributed by atoms with Gasteiger partial charge in [0.15, 0.2) is 11.1 Å². The topological polar surface area (TPSA) is 55.1 Å². The SMILES string of the molecule is Cn1ccc(-c2ccccc2S(=O)O)n1. The molecule has 15 heavy (non-hydrogen) atoms. The van der Waals surface area contributed by atoms with E-state index in [4.69, 9.17) is 4.55 Å². The summed E-state index contributed by atoms with van der Waals surface area (Å²) < 4.78 is 21.8. The van der Waals surface area contributed by atoms with Crippen LogP contribution in [-0.4, -0.2) is 18.5 Å². The molecule has 78 valence electrons. The molecule has 0 aliphatic carbocycles. The fourth-order valence-corrected chi connectivity index (χ4v) is 1.94. The normalized spacial score (nSPS) is 12.7. The highest BCUT2D eigenvalue weighted by atomic mass is 32.2. The predicted octanol–water partition coefficient (Wildman–Crippen LogP) is 1.67. The van der Waals surface area contributed by atoms with E-state index in [1.54, 1.807) is 29.1 Å². The fraction of sp³-hybridized carbons (Fsp3) is 0.100. The highest BCUT2D eigenvalue weighted by Gasteiger charge is 2.10. The number of aryl methyl sites for hydroxylation is 1. The third-order valence-corrected chi connectivity index (χ3v) is 2.80. The molecule has 5 heteroatoms. The number of aromatic nitrogens is 2. The molecule has 4 nitrogen and oxygen atoms in total. The quantitative estimate of drug-likeness (QED) is 0.786. The van der Waals surface area contributed by atoms with Crippen LogP contribution in [0, 0.1) is 0 Å². The highest BCUT2D eigenvalue weighted by molar-refractivity contribution is 7.79. The molecule has 2 aromatic rings. The van der Waals surface area contributed by atoms with Crippen molar-refractivity contribution >= 4 is 11.1 Å². The Morgan fingerprint density at radius 1 is 1.33 bits per heavy atom. The van der Waals surface area contributed by atoms with Gasteiger partial charge in [0.1, 0.15) is 0 Å². The lowest BCUT2D eigenvalue weighted by Crippen LogP contribution is -1.94. The van der Waals surface area contributed by atoms with E-state index >= 15 is 0 Å². The van der Waals surface area contributed by atoms with Crippen molar-refractivity contribution in [2.45, 2.75) is 4.90 Å². The van der Waals surface area contributed by atoms with E-state index in [9.17, 15) is 4.21 Å². The van der Waals surface area contributed by atoms with Gasteiger partial charge in [0, 0.05) is 18.8 Å².